The molecule has 0 radical (unpaired) electrons. The Labute approximate surface area is 321 Å². The van der Waals surface area contributed by atoms with Crippen molar-refractivity contribution in [3.05, 3.63) is 78.6 Å². The van der Waals surface area contributed by atoms with Crippen LogP contribution in [0.15, 0.2) is 73.0 Å². The van der Waals surface area contributed by atoms with Crippen LogP contribution in [0, 0.1) is 0 Å². The number of ether oxygens (including phenoxy) is 4. The van der Waals surface area contributed by atoms with Crippen molar-refractivity contribution in [3.8, 4) is 5.75 Å². The van der Waals surface area contributed by atoms with E-state index in [1.165, 1.54) is 0 Å². The van der Waals surface area contributed by atoms with E-state index >= 15 is 0 Å². The molecule has 306 valence electrons. The van der Waals surface area contributed by atoms with Crippen LogP contribution in [0.1, 0.15) is 57.4 Å². The highest BCUT2D eigenvalue weighted by molar-refractivity contribution is 5.84. The lowest BCUT2D eigenvalue weighted by molar-refractivity contribution is -0.323. The Morgan fingerprint density at radius 2 is 1.47 bits per heavy atom. The molecule has 0 aliphatic carbocycles. The Morgan fingerprint density at radius 1 is 0.836 bits per heavy atom. The zero-order valence-electron chi connectivity index (χ0n) is 31.2. The minimum atomic E-state index is -1.68. The molecule has 2 aromatic rings. The van der Waals surface area contributed by atoms with Crippen LogP contribution in [0.25, 0.3) is 10.9 Å². The number of allylic oxidation sites excluding steroid dienone is 7. The Balaban J connectivity index is 1.17. The van der Waals surface area contributed by atoms with Crippen molar-refractivity contribution in [1.29, 1.82) is 0 Å². The third kappa shape index (κ3) is 13.6. The highest BCUT2D eigenvalue weighted by atomic mass is 16.7. The molecule has 15 heteroatoms. The summed E-state index contributed by atoms with van der Waals surface area (Å²) in [4.78, 5) is 15.6. The van der Waals surface area contributed by atoms with Gasteiger partial charge in [0.25, 0.3) is 0 Å². The molecule has 15 nitrogen and oxygen atoms in total. The number of aromatic nitrogens is 1. The molecule has 2 fully saturated rings. The van der Waals surface area contributed by atoms with Gasteiger partial charge in [0.05, 0.1) is 19.3 Å². The van der Waals surface area contributed by atoms with Crippen molar-refractivity contribution in [2.24, 2.45) is 0 Å². The zero-order chi connectivity index (χ0) is 39.7. The molecule has 1 aromatic carbocycles. The SMILES string of the molecule is C[C@@H](O)/C=C\C/C=C\C/C=C\C/C=C\CCCCC(=O)NCCc1c[nH]c2ccc(O[C@@H]3O[C@H](CO[C@@H]4O[C@@H](CO)[C@@H](O)[C@@H](O)[C@@H]4O)[C@@H](O)[C@@H](O)[C@@H]3O)cc12. The van der Waals surface area contributed by atoms with Gasteiger partial charge in [0.2, 0.25) is 12.2 Å². The minimum absolute atomic E-state index is 0.0144. The molecule has 0 saturated carbocycles. The molecule has 0 bridgehead atoms. The first-order chi connectivity index (χ1) is 26.5. The number of H-pyrrole nitrogens is 1. The number of rotatable bonds is 21. The van der Waals surface area contributed by atoms with Gasteiger partial charge < -0.3 is 70.1 Å². The molecule has 2 saturated heterocycles. The van der Waals surface area contributed by atoms with Crippen molar-refractivity contribution in [1.82, 2.24) is 10.3 Å². The number of fused-ring (bicyclic) bond motifs is 1. The number of amides is 1. The standard InChI is InChI=1S/C40H58N2O13/c1-25(44)15-13-11-9-7-5-3-2-4-6-8-10-12-14-16-32(45)41-20-19-26-22-42-29-18-17-27(21-28(26)29)53-40-38(51)36(49)34(47)31(55-40)24-52-39-37(50)35(48)33(46)30(23-43)54-39/h2-3,6-9,13,15,17-18,21-22,25,30-31,33-40,42-44,46-51H,4-5,10-12,14,16,19-20,23-24H2,1H3,(H,41,45)/b3-2-,8-6-,9-7-,15-13-/t25-,30+,31-,33-,34-,35-,36-,37+,38+,39-,40-/m1/s1. The summed E-state index contributed by atoms with van der Waals surface area (Å²) in [5, 5.41) is 84.4. The maximum Gasteiger partial charge on any atom is 0.229 e. The van der Waals surface area contributed by atoms with Gasteiger partial charge in [-0.1, -0.05) is 48.6 Å². The Bertz CT molecular complexity index is 1560. The molecular weight excluding hydrogens is 716 g/mol. The zero-order valence-corrected chi connectivity index (χ0v) is 31.2. The van der Waals surface area contributed by atoms with Crippen LogP contribution >= 0.6 is 0 Å². The Hall–Kier alpha value is -3.45. The molecule has 2 aliphatic heterocycles. The van der Waals surface area contributed by atoms with Crippen molar-refractivity contribution < 1.29 is 64.6 Å². The Morgan fingerprint density at radius 3 is 2.16 bits per heavy atom. The third-order valence-corrected chi connectivity index (χ3v) is 9.41. The average molecular weight is 775 g/mol. The molecule has 0 spiro atoms. The van der Waals surface area contributed by atoms with Crippen LogP contribution in [0.2, 0.25) is 0 Å². The fourth-order valence-electron chi connectivity index (χ4n) is 6.20. The molecule has 10 N–H and O–H groups in total. The number of aliphatic hydroxyl groups is 8. The van der Waals surface area contributed by atoms with Gasteiger partial charge in [0, 0.05) is 30.1 Å². The maximum absolute atomic E-state index is 12.5. The van der Waals surface area contributed by atoms with Crippen LogP contribution in [-0.4, -0.2) is 139 Å². The van der Waals surface area contributed by atoms with Gasteiger partial charge in [-0.05, 0) is 75.6 Å². The summed E-state index contributed by atoms with van der Waals surface area (Å²) in [5.41, 5.74) is 1.74. The van der Waals surface area contributed by atoms with Crippen LogP contribution in [0.4, 0.5) is 0 Å². The second-order valence-corrected chi connectivity index (χ2v) is 13.8. The molecule has 4 rings (SSSR count). The first kappa shape index (κ1) is 44.3. The van der Waals surface area contributed by atoms with Crippen LogP contribution in [-0.2, 0) is 25.4 Å². The van der Waals surface area contributed by atoms with Crippen molar-refractivity contribution in [3.63, 3.8) is 0 Å². The first-order valence-electron chi connectivity index (χ1n) is 18.9. The van der Waals surface area contributed by atoms with E-state index in [1.54, 1.807) is 31.2 Å². The van der Waals surface area contributed by atoms with E-state index < -0.39 is 80.7 Å². The minimum Gasteiger partial charge on any atom is -0.462 e. The van der Waals surface area contributed by atoms with E-state index in [1.807, 2.05) is 12.3 Å². The predicted octanol–water partition coefficient (Wildman–Crippen LogP) is 1.17. The van der Waals surface area contributed by atoms with E-state index in [-0.39, 0.29) is 5.91 Å². The normalized spacial score (nSPS) is 29.6. The monoisotopic (exact) mass is 774 g/mol. The summed E-state index contributed by atoms with van der Waals surface area (Å²) in [5.74, 6) is 0.286. The summed E-state index contributed by atoms with van der Waals surface area (Å²) in [6, 6.07) is 5.15. The molecule has 0 unspecified atom stereocenters. The lowest BCUT2D eigenvalue weighted by Crippen LogP contribution is -2.62. The molecular formula is C40H58N2O13. The quantitative estimate of drug-likeness (QED) is 0.0634. The smallest absolute Gasteiger partial charge is 0.229 e. The summed E-state index contributed by atoms with van der Waals surface area (Å²) >= 11 is 0. The highest BCUT2D eigenvalue weighted by Gasteiger charge is 2.47. The predicted molar refractivity (Wildman–Crippen MR) is 203 cm³/mol. The number of carbonyl (C=O) groups excluding carboxylic acids is 1. The fraction of sp³-hybridized carbons (Fsp3) is 0.575. The lowest BCUT2D eigenvalue weighted by atomic mass is 9.98. The molecule has 11 atom stereocenters. The van der Waals surface area contributed by atoms with E-state index in [4.69, 9.17) is 18.9 Å². The number of aliphatic hydroxyl groups excluding tert-OH is 8. The first-order valence-corrected chi connectivity index (χ1v) is 18.9. The summed E-state index contributed by atoms with van der Waals surface area (Å²) in [6.07, 6.45) is 8.77. The summed E-state index contributed by atoms with van der Waals surface area (Å²) in [6.45, 7) is 1.04. The second kappa shape index (κ2) is 22.9. The van der Waals surface area contributed by atoms with Gasteiger partial charge in [-0.3, -0.25) is 4.79 Å². The van der Waals surface area contributed by atoms with Gasteiger partial charge >= 0.3 is 0 Å². The van der Waals surface area contributed by atoms with E-state index in [2.05, 4.69) is 46.8 Å². The molecule has 1 aromatic heterocycles. The van der Waals surface area contributed by atoms with E-state index in [9.17, 15) is 45.6 Å². The molecule has 3 heterocycles. The van der Waals surface area contributed by atoms with Crippen LogP contribution < -0.4 is 10.1 Å². The number of aromatic amines is 1. The number of hydrogen-bond donors (Lipinski definition) is 10. The van der Waals surface area contributed by atoms with Gasteiger partial charge in [0.1, 0.15) is 54.6 Å². The second-order valence-electron chi connectivity index (χ2n) is 13.8. The van der Waals surface area contributed by atoms with E-state index in [0.717, 1.165) is 55.0 Å². The highest BCUT2D eigenvalue weighted by Crippen LogP contribution is 2.29. The Kier molecular flexibility index (Phi) is 18.5. The largest absolute Gasteiger partial charge is 0.462 e. The lowest BCUT2D eigenvalue weighted by Gasteiger charge is -2.42. The maximum atomic E-state index is 12.5. The molecule has 55 heavy (non-hydrogen) atoms. The average Bonchev–Trinajstić information content (AvgIpc) is 3.57. The number of nitrogens with one attached hydrogen (secondary N) is 2. The number of hydrogen-bond acceptors (Lipinski definition) is 13. The van der Waals surface area contributed by atoms with Gasteiger partial charge in [0.15, 0.2) is 6.29 Å². The molecule has 2 aliphatic rings. The number of carbonyl (C=O) groups is 1. The molecule has 1 amide bonds. The fourth-order valence-corrected chi connectivity index (χ4v) is 6.20. The number of benzene rings is 1. The van der Waals surface area contributed by atoms with Crippen molar-refractivity contribution >= 4 is 16.8 Å². The number of unbranched alkanes of at least 4 members (excludes halogenated alkanes) is 2. The van der Waals surface area contributed by atoms with Crippen LogP contribution in [0.3, 0.4) is 0 Å². The van der Waals surface area contributed by atoms with Gasteiger partial charge in [-0.2, -0.15) is 0 Å². The van der Waals surface area contributed by atoms with E-state index in [0.29, 0.717) is 25.1 Å². The van der Waals surface area contributed by atoms with Crippen LogP contribution in [0.5, 0.6) is 5.75 Å². The summed E-state index contributed by atoms with van der Waals surface area (Å²) in [7, 11) is 0. The van der Waals surface area contributed by atoms with Gasteiger partial charge in [-0.25, -0.2) is 0 Å². The topological polar surface area (TPSA) is 244 Å². The van der Waals surface area contributed by atoms with Gasteiger partial charge in [-0.15, -0.1) is 0 Å². The van der Waals surface area contributed by atoms with Crippen molar-refractivity contribution in [2.45, 2.75) is 126 Å². The third-order valence-electron chi connectivity index (χ3n) is 9.41. The van der Waals surface area contributed by atoms with Crippen molar-refractivity contribution in [2.75, 3.05) is 19.8 Å². The summed E-state index contributed by atoms with van der Waals surface area (Å²) < 4.78 is 22.5.